The van der Waals surface area contributed by atoms with E-state index < -0.39 is 0 Å². The standard InChI is InChI=1S/C11H13NO3/c1-3-11(14)12-9-6-8(7-13)4-5-10(9)15-2/h4-7H,3H2,1-2H3,(H,12,14). The molecule has 0 heterocycles. The predicted molar refractivity (Wildman–Crippen MR) is 57.3 cm³/mol. The summed E-state index contributed by atoms with van der Waals surface area (Å²) in [7, 11) is 1.51. The summed E-state index contributed by atoms with van der Waals surface area (Å²) in [5.41, 5.74) is 1.02. The molecular weight excluding hydrogens is 194 g/mol. The van der Waals surface area contributed by atoms with Crippen molar-refractivity contribution in [1.82, 2.24) is 0 Å². The zero-order valence-corrected chi connectivity index (χ0v) is 8.74. The molecule has 0 fully saturated rings. The Morgan fingerprint density at radius 3 is 2.80 bits per heavy atom. The van der Waals surface area contributed by atoms with Crippen LogP contribution in [0, 0.1) is 0 Å². The quantitative estimate of drug-likeness (QED) is 0.766. The highest BCUT2D eigenvalue weighted by atomic mass is 16.5. The fourth-order valence-corrected chi connectivity index (χ4v) is 1.14. The number of hydrogen-bond donors (Lipinski definition) is 1. The first-order chi connectivity index (χ1) is 7.21. The lowest BCUT2D eigenvalue weighted by Crippen LogP contribution is -2.10. The van der Waals surface area contributed by atoms with Crippen molar-refractivity contribution in [2.45, 2.75) is 13.3 Å². The molecule has 0 saturated carbocycles. The molecule has 0 aromatic heterocycles. The van der Waals surface area contributed by atoms with E-state index >= 15 is 0 Å². The van der Waals surface area contributed by atoms with Crippen LogP contribution in [0.25, 0.3) is 0 Å². The molecule has 15 heavy (non-hydrogen) atoms. The van der Waals surface area contributed by atoms with Gasteiger partial charge < -0.3 is 10.1 Å². The minimum absolute atomic E-state index is 0.114. The molecule has 4 nitrogen and oxygen atoms in total. The number of amides is 1. The third-order valence-electron chi connectivity index (χ3n) is 1.95. The Morgan fingerprint density at radius 2 is 2.27 bits per heavy atom. The third kappa shape index (κ3) is 2.80. The van der Waals surface area contributed by atoms with Crippen LogP contribution < -0.4 is 10.1 Å². The largest absolute Gasteiger partial charge is 0.495 e. The van der Waals surface area contributed by atoms with Gasteiger partial charge in [-0.05, 0) is 18.2 Å². The summed E-state index contributed by atoms with van der Waals surface area (Å²) in [5, 5.41) is 2.66. The Hall–Kier alpha value is -1.84. The van der Waals surface area contributed by atoms with Crippen molar-refractivity contribution < 1.29 is 14.3 Å². The lowest BCUT2D eigenvalue weighted by molar-refractivity contribution is -0.115. The van der Waals surface area contributed by atoms with E-state index in [0.29, 0.717) is 23.4 Å². The zero-order valence-electron chi connectivity index (χ0n) is 8.74. The van der Waals surface area contributed by atoms with Crippen LogP contribution >= 0.6 is 0 Å². The lowest BCUT2D eigenvalue weighted by atomic mass is 10.2. The molecule has 0 spiro atoms. The van der Waals surface area contributed by atoms with Crippen molar-refractivity contribution >= 4 is 17.9 Å². The third-order valence-corrected chi connectivity index (χ3v) is 1.95. The molecule has 0 atom stereocenters. The van der Waals surface area contributed by atoms with Crippen molar-refractivity contribution in [1.29, 1.82) is 0 Å². The van der Waals surface area contributed by atoms with Crippen LogP contribution in [0.1, 0.15) is 23.7 Å². The maximum atomic E-state index is 11.2. The monoisotopic (exact) mass is 207 g/mol. The number of rotatable bonds is 4. The number of benzene rings is 1. The normalized spacial score (nSPS) is 9.47. The molecule has 1 aromatic carbocycles. The van der Waals surface area contributed by atoms with Gasteiger partial charge in [-0.15, -0.1) is 0 Å². The fourth-order valence-electron chi connectivity index (χ4n) is 1.14. The fraction of sp³-hybridized carbons (Fsp3) is 0.273. The summed E-state index contributed by atoms with van der Waals surface area (Å²) < 4.78 is 5.06. The molecule has 1 rings (SSSR count). The highest BCUT2D eigenvalue weighted by Gasteiger charge is 2.06. The molecule has 1 aromatic rings. The average molecular weight is 207 g/mol. The van der Waals surface area contributed by atoms with E-state index in [4.69, 9.17) is 4.74 Å². The Bertz CT molecular complexity index is 374. The topological polar surface area (TPSA) is 55.4 Å². The molecule has 0 aliphatic carbocycles. The van der Waals surface area contributed by atoms with E-state index in [9.17, 15) is 9.59 Å². The van der Waals surface area contributed by atoms with E-state index in [2.05, 4.69) is 5.32 Å². The van der Waals surface area contributed by atoms with Gasteiger partial charge >= 0.3 is 0 Å². The van der Waals surface area contributed by atoms with Gasteiger partial charge in [0, 0.05) is 12.0 Å². The first kappa shape index (κ1) is 11.2. The summed E-state index contributed by atoms with van der Waals surface area (Å²) in [6, 6.07) is 4.86. The van der Waals surface area contributed by atoms with Gasteiger partial charge in [0.1, 0.15) is 12.0 Å². The molecule has 0 radical (unpaired) electrons. The van der Waals surface area contributed by atoms with E-state index in [1.54, 1.807) is 25.1 Å². The molecule has 4 heteroatoms. The van der Waals surface area contributed by atoms with Gasteiger partial charge in [0.05, 0.1) is 12.8 Å². The van der Waals surface area contributed by atoms with Gasteiger partial charge in [-0.1, -0.05) is 6.92 Å². The Kier molecular flexibility index (Phi) is 3.85. The molecular formula is C11H13NO3. The van der Waals surface area contributed by atoms with Gasteiger partial charge in [-0.3, -0.25) is 9.59 Å². The smallest absolute Gasteiger partial charge is 0.224 e. The summed E-state index contributed by atoms with van der Waals surface area (Å²) in [5.74, 6) is 0.429. The van der Waals surface area contributed by atoms with Crippen LogP contribution in [0.15, 0.2) is 18.2 Å². The molecule has 0 unspecified atom stereocenters. The van der Waals surface area contributed by atoms with E-state index in [0.717, 1.165) is 6.29 Å². The van der Waals surface area contributed by atoms with E-state index in [1.165, 1.54) is 7.11 Å². The number of methoxy groups -OCH3 is 1. The van der Waals surface area contributed by atoms with Gasteiger partial charge in [0.25, 0.3) is 0 Å². The zero-order chi connectivity index (χ0) is 11.3. The van der Waals surface area contributed by atoms with Gasteiger partial charge in [0.2, 0.25) is 5.91 Å². The van der Waals surface area contributed by atoms with Crippen molar-refractivity contribution in [3.05, 3.63) is 23.8 Å². The Morgan fingerprint density at radius 1 is 1.53 bits per heavy atom. The SMILES string of the molecule is CCC(=O)Nc1cc(C=O)ccc1OC. The summed E-state index contributed by atoms with van der Waals surface area (Å²) in [4.78, 5) is 21.8. The van der Waals surface area contributed by atoms with Gasteiger partial charge in [-0.25, -0.2) is 0 Å². The molecule has 1 N–H and O–H groups in total. The molecule has 0 aliphatic rings. The molecule has 0 bridgehead atoms. The van der Waals surface area contributed by atoms with Crippen LogP contribution in [0.5, 0.6) is 5.75 Å². The minimum atomic E-state index is -0.114. The van der Waals surface area contributed by atoms with Crippen LogP contribution in [-0.2, 0) is 4.79 Å². The Balaban J connectivity index is 3.00. The van der Waals surface area contributed by atoms with Crippen LogP contribution in [0.2, 0.25) is 0 Å². The van der Waals surface area contributed by atoms with Gasteiger partial charge in [-0.2, -0.15) is 0 Å². The number of ether oxygens (including phenoxy) is 1. The van der Waals surface area contributed by atoms with Crippen LogP contribution in [0.4, 0.5) is 5.69 Å². The van der Waals surface area contributed by atoms with Crippen molar-refractivity contribution in [2.75, 3.05) is 12.4 Å². The molecule has 1 amide bonds. The molecule has 0 saturated heterocycles. The first-order valence-electron chi connectivity index (χ1n) is 4.64. The number of aldehydes is 1. The van der Waals surface area contributed by atoms with Crippen molar-refractivity contribution in [3.8, 4) is 5.75 Å². The second-order valence-electron chi connectivity index (χ2n) is 2.98. The summed E-state index contributed by atoms with van der Waals surface area (Å²) >= 11 is 0. The van der Waals surface area contributed by atoms with Crippen molar-refractivity contribution in [2.24, 2.45) is 0 Å². The second-order valence-corrected chi connectivity index (χ2v) is 2.98. The van der Waals surface area contributed by atoms with E-state index in [1.807, 2.05) is 0 Å². The number of anilines is 1. The Labute approximate surface area is 88.2 Å². The highest BCUT2D eigenvalue weighted by Crippen LogP contribution is 2.24. The molecule has 0 aliphatic heterocycles. The number of carbonyl (C=O) groups excluding carboxylic acids is 2. The van der Waals surface area contributed by atoms with Crippen molar-refractivity contribution in [3.63, 3.8) is 0 Å². The first-order valence-corrected chi connectivity index (χ1v) is 4.64. The predicted octanol–water partition coefficient (Wildman–Crippen LogP) is 1.86. The van der Waals surface area contributed by atoms with Gasteiger partial charge in [0.15, 0.2) is 0 Å². The average Bonchev–Trinajstić information content (AvgIpc) is 2.28. The van der Waals surface area contributed by atoms with E-state index in [-0.39, 0.29) is 5.91 Å². The number of carbonyl (C=O) groups is 2. The highest BCUT2D eigenvalue weighted by molar-refractivity contribution is 5.93. The number of nitrogens with one attached hydrogen (secondary N) is 1. The minimum Gasteiger partial charge on any atom is -0.495 e. The van der Waals surface area contributed by atoms with Crippen LogP contribution in [0.3, 0.4) is 0 Å². The number of hydrogen-bond acceptors (Lipinski definition) is 3. The summed E-state index contributed by atoms with van der Waals surface area (Å²) in [6.45, 7) is 1.76. The summed E-state index contributed by atoms with van der Waals surface area (Å²) in [6.07, 6.45) is 1.11. The lowest BCUT2D eigenvalue weighted by Gasteiger charge is -2.09. The maximum Gasteiger partial charge on any atom is 0.224 e. The molecule has 80 valence electrons. The maximum absolute atomic E-state index is 11.2. The van der Waals surface area contributed by atoms with Crippen LogP contribution in [-0.4, -0.2) is 19.3 Å². The second kappa shape index (κ2) is 5.14.